The number of nitrogens with zero attached hydrogens (tertiary/aromatic N) is 4. The Labute approximate surface area is 348 Å². The number of rotatable bonds is 11. The van der Waals surface area contributed by atoms with Gasteiger partial charge in [-0.15, -0.1) is 11.3 Å². The summed E-state index contributed by atoms with van der Waals surface area (Å²) in [6.07, 6.45) is 9.27. The lowest BCUT2D eigenvalue weighted by Gasteiger charge is -2.44. The maximum absolute atomic E-state index is 14.3. The lowest BCUT2D eigenvalue weighted by molar-refractivity contribution is -0.131. The van der Waals surface area contributed by atoms with Crippen LogP contribution in [0.15, 0.2) is 63.0 Å². The van der Waals surface area contributed by atoms with E-state index in [4.69, 9.17) is 20.6 Å². The molecule has 5 heterocycles. The second-order valence-electron chi connectivity index (χ2n) is 17.4. The van der Waals surface area contributed by atoms with Gasteiger partial charge in [0.25, 0.3) is 11.8 Å². The summed E-state index contributed by atoms with van der Waals surface area (Å²) < 4.78 is 11.2. The topological polar surface area (TPSA) is 151 Å². The molecule has 7 atom stereocenters. The third-order valence-electron chi connectivity index (χ3n) is 13.1. The van der Waals surface area contributed by atoms with Crippen LogP contribution in [-0.2, 0) is 9.59 Å². The van der Waals surface area contributed by atoms with E-state index in [-0.39, 0.29) is 70.8 Å². The smallest absolute Gasteiger partial charge is 0.276 e. The Balaban J connectivity index is 0.958. The molecule has 4 aliphatic rings. The molecule has 58 heavy (non-hydrogen) atoms. The SMILES string of the molecule is CC(C)CC1C(=O)NC(C2CCC(C(C)C[C@H]3C(=O)N[C@@H](C4CCCCC4)CN3C(=O)c3cc(-c4cccs4)on3)C2)CN1C(=O)c1cc(-c2ccc(Cl)cc2)on1. The monoisotopic (exact) mass is 828 g/mol. The molecule has 308 valence electrons. The number of benzene rings is 1. The Morgan fingerprint density at radius 3 is 2.02 bits per heavy atom. The third kappa shape index (κ3) is 8.61. The zero-order chi connectivity index (χ0) is 40.5. The predicted molar refractivity (Wildman–Crippen MR) is 221 cm³/mol. The number of carbonyl (C=O) groups excluding carboxylic acids is 4. The summed E-state index contributed by atoms with van der Waals surface area (Å²) in [7, 11) is 0. The van der Waals surface area contributed by atoms with Crippen LogP contribution in [0.4, 0.5) is 0 Å². The molecule has 2 saturated carbocycles. The molecule has 8 rings (SSSR count). The summed E-state index contributed by atoms with van der Waals surface area (Å²) in [5.41, 5.74) is 1.13. The van der Waals surface area contributed by atoms with E-state index in [1.807, 2.05) is 43.5 Å². The van der Waals surface area contributed by atoms with E-state index in [2.05, 4.69) is 27.9 Å². The van der Waals surface area contributed by atoms with Crippen molar-refractivity contribution in [3.8, 4) is 22.0 Å². The minimum absolute atomic E-state index is 0.0933. The van der Waals surface area contributed by atoms with E-state index < -0.39 is 12.1 Å². The van der Waals surface area contributed by atoms with Crippen molar-refractivity contribution in [1.82, 2.24) is 30.7 Å². The van der Waals surface area contributed by atoms with Gasteiger partial charge in [0.15, 0.2) is 22.9 Å². The molecule has 2 aliphatic carbocycles. The summed E-state index contributed by atoms with van der Waals surface area (Å²) in [4.78, 5) is 60.6. The number of halogens is 1. The van der Waals surface area contributed by atoms with Gasteiger partial charge in [-0.1, -0.05) is 68.0 Å². The zero-order valence-corrected chi connectivity index (χ0v) is 35.0. The van der Waals surface area contributed by atoms with Crippen LogP contribution in [0, 0.1) is 29.6 Å². The van der Waals surface area contributed by atoms with E-state index in [1.54, 1.807) is 34.1 Å². The average molecular weight is 829 g/mol. The van der Waals surface area contributed by atoms with Gasteiger partial charge < -0.3 is 29.5 Å². The number of hydrogen-bond acceptors (Lipinski definition) is 9. The van der Waals surface area contributed by atoms with Gasteiger partial charge in [-0.25, -0.2) is 0 Å². The van der Waals surface area contributed by atoms with Crippen molar-refractivity contribution in [3.63, 3.8) is 0 Å². The first-order chi connectivity index (χ1) is 28.0. The van der Waals surface area contributed by atoms with E-state index in [9.17, 15) is 19.2 Å². The van der Waals surface area contributed by atoms with Crippen LogP contribution in [0.3, 0.4) is 0 Å². The van der Waals surface area contributed by atoms with Crippen molar-refractivity contribution in [1.29, 1.82) is 0 Å². The molecule has 2 aliphatic heterocycles. The number of piperazine rings is 2. The quantitative estimate of drug-likeness (QED) is 0.154. The highest BCUT2D eigenvalue weighted by atomic mass is 35.5. The maximum Gasteiger partial charge on any atom is 0.276 e. The largest absolute Gasteiger partial charge is 0.355 e. The fraction of sp³-hybridized carbons (Fsp3) is 0.545. The van der Waals surface area contributed by atoms with E-state index in [0.717, 1.165) is 55.4 Å². The summed E-state index contributed by atoms with van der Waals surface area (Å²) >= 11 is 7.59. The lowest BCUT2D eigenvalue weighted by Crippen LogP contribution is -2.64. The first-order valence-corrected chi connectivity index (χ1v) is 22.2. The molecule has 4 amide bonds. The minimum Gasteiger partial charge on any atom is -0.355 e. The lowest BCUT2D eigenvalue weighted by atomic mass is 9.80. The molecular weight excluding hydrogens is 776 g/mol. The van der Waals surface area contributed by atoms with Crippen LogP contribution in [0.2, 0.25) is 5.02 Å². The number of aromatic nitrogens is 2. The molecule has 1 aromatic carbocycles. The van der Waals surface area contributed by atoms with Crippen molar-refractivity contribution in [2.24, 2.45) is 29.6 Å². The molecule has 5 unspecified atom stereocenters. The first-order valence-electron chi connectivity index (χ1n) is 21.0. The fourth-order valence-corrected chi connectivity index (χ4v) is 10.7. The normalized spacial score (nSPS) is 26.2. The highest BCUT2D eigenvalue weighted by Crippen LogP contribution is 2.41. The molecule has 0 radical (unpaired) electrons. The molecule has 12 nitrogen and oxygen atoms in total. The Bertz CT molecular complexity index is 2080. The predicted octanol–water partition coefficient (Wildman–Crippen LogP) is 8.10. The highest BCUT2D eigenvalue weighted by Gasteiger charge is 2.46. The standard InChI is InChI=1S/C44H53ClN6O6S/c1-25(2)18-36-41(52)47-35(24-50(36)43(54)32-21-38(56-48-32)28-13-15-31(45)16-14-28)30-12-11-29(20-30)26(3)19-37-42(53)46-34(27-8-5-4-6-9-27)23-51(37)44(55)33-22-39(57-49-33)40-10-7-17-58-40/h7,10,13-17,21-22,25-27,29-30,34-37H,4-6,8-9,11-12,18-20,23-24H2,1-3H3,(H,46,53)(H,47,52)/t26?,29?,30?,34-,35?,36?,37+/m1/s1. The molecule has 4 aromatic rings. The van der Waals surface area contributed by atoms with Gasteiger partial charge in [0.1, 0.15) is 12.1 Å². The van der Waals surface area contributed by atoms with Gasteiger partial charge in [0.2, 0.25) is 11.8 Å². The molecule has 4 fully saturated rings. The van der Waals surface area contributed by atoms with Gasteiger partial charge in [0.05, 0.1) is 4.88 Å². The van der Waals surface area contributed by atoms with E-state index in [1.165, 1.54) is 17.8 Å². The molecule has 2 saturated heterocycles. The molecule has 14 heteroatoms. The maximum atomic E-state index is 14.3. The highest BCUT2D eigenvalue weighted by molar-refractivity contribution is 7.13. The van der Waals surface area contributed by atoms with Crippen LogP contribution < -0.4 is 10.6 Å². The number of amides is 4. The van der Waals surface area contributed by atoms with E-state index >= 15 is 0 Å². The minimum atomic E-state index is -0.636. The van der Waals surface area contributed by atoms with Crippen LogP contribution in [0.1, 0.15) is 106 Å². The summed E-state index contributed by atoms with van der Waals surface area (Å²) in [5, 5.41) is 17.5. The van der Waals surface area contributed by atoms with Crippen LogP contribution >= 0.6 is 22.9 Å². The molecule has 2 N–H and O–H groups in total. The summed E-state index contributed by atoms with van der Waals surface area (Å²) in [5.74, 6) is 1.21. The third-order valence-corrected chi connectivity index (χ3v) is 14.2. The van der Waals surface area contributed by atoms with Gasteiger partial charge in [-0.2, -0.15) is 0 Å². The van der Waals surface area contributed by atoms with Crippen molar-refractivity contribution >= 4 is 46.6 Å². The van der Waals surface area contributed by atoms with Crippen molar-refractivity contribution < 1.29 is 28.2 Å². The number of nitrogens with one attached hydrogen (secondary N) is 2. The Kier molecular flexibility index (Phi) is 12.1. The van der Waals surface area contributed by atoms with Crippen LogP contribution in [-0.4, -0.2) is 81.0 Å². The Morgan fingerprint density at radius 2 is 1.40 bits per heavy atom. The molecular formula is C44H53ClN6O6S. The molecule has 0 spiro atoms. The fourth-order valence-electron chi connectivity index (χ4n) is 9.86. The van der Waals surface area contributed by atoms with Gasteiger partial charge in [-0.05, 0) is 110 Å². The Morgan fingerprint density at radius 1 is 0.793 bits per heavy atom. The summed E-state index contributed by atoms with van der Waals surface area (Å²) in [6.45, 7) is 7.09. The average Bonchev–Trinajstić information content (AvgIpc) is 4.07. The number of carbonyl (C=O) groups is 4. The second kappa shape index (κ2) is 17.4. The van der Waals surface area contributed by atoms with Crippen LogP contribution in [0.5, 0.6) is 0 Å². The van der Waals surface area contributed by atoms with Crippen molar-refractivity contribution in [3.05, 3.63) is 70.3 Å². The van der Waals surface area contributed by atoms with E-state index in [0.29, 0.717) is 48.4 Å². The second-order valence-corrected chi connectivity index (χ2v) is 18.8. The Hall–Kier alpha value is -4.49. The van der Waals surface area contributed by atoms with Gasteiger partial charge in [-0.3, -0.25) is 19.2 Å². The van der Waals surface area contributed by atoms with Gasteiger partial charge in [0, 0.05) is 47.9 Å². The van der Waals surface area contributed by atoms with Crippen LogP contribution in [0.25, 0.3) is 22.0 Å². The number of hydrogen-bond donors (Lipinski definition) is 2. The van der Waals surface area contributed by atoms with Crippen molar-refractivity contribution in [2.45, 2.75) is 109 Å². The van der Waals surface area contributed by atoms with Gasteiger partial charge >= 0.3 is 0 Å². The summed E-state index contributed by atoms with van der Waals surface area (Å²) in [6, 6.07) is 12.7. The zero-order valence-electron chi connectivity index (χ0n) is 33.4. The first kappa shape index (κ1) is 40.3. The number of thiophene rings is 1. The molecule has 3 aromatic heterocycles. The van der Waals surface area contributed by atoms with Crippen molar-refractivity contribution in [2.75, 3.05) is 13.1 Å². The molecule has 0 bridgehead atoms.